The normalized spacial score (nSPS) is 12.2. The molecule has 0 spiro atoms. The van der Waals surface area contributed by atoms with Crippen LogP contribution in [-0.2, 0) is 11.2 Å². The lowest BCUT2D eigenvalue weighted by molar-refractivity contribution is -0.138. The fourth-order valence-electron chi connectivity index (χ4n) is 1.46. The lowest BCUT2D eigenvalue weighted by Crippen LogP contribution is -2.30. The van der Waals surface area contributed by atoms with E-state index in [9.17, 15) is 9.18 Å². The second kappa shape index (κ2) is 6.12. The first-order chi connectivity index (χ1) is 8.10. The molecule has 1 atom stereocenters. The lowest BCUT2D eigenvalue weighted by Gasteiger charge is -2.15. The third-order valence-electron chi connectivity index (χ3n) is 2.38. The molecule has 0 aliphatic heterocycles. The van der Waals surface area contributed by atoms with Crippen molar-refractivity contribution in [1.82, 2.24) is 9.97 Å². The van der Waals surface area contributed by atoms with Gasteiger partial charge in [-0.3, -0.25) is 0 Å². The van der Waals surface area contributed by atoms with E-state index in [1.54, 1.807) is 6.92 Å². The zero-order valence-corrected chi connectivity index (χ0v) is 9.90. The fraction of sp³-hybridized carbons (Fsp3) is 0.545. The Kier molecular flexibility index (Phi) is 4.81. The predicted octanol–water partition coefficient (Wildman–Crippen LogP) is 1.84. The highest BCUT2D eigenvalue weighted by Gasteiger charge is 2.19. The molecule has 1 heterocycles. The SMILES string of the molecule is CCCC(Nc1ncnc(CC)c1F)C(=O)O. The first kappa shape index (κ1) is 13.3. The van der Waals surface area contributed by atoms with E-state index < -0.39 is 17.8 Å². The molecule has 94 valence electrons. The first-order valence-corrected chi connectivity index (χ1v) is 5.58. The summed E-state index contributed by atoms with van der Waals surface area (Å²) in [6.07, 6.45) is 2.78. The van der Waals surface area contributed by atoms with E-state index in [0.717, 1.165) is 0 Å². The zero-order chi connectivity index (χ0) is 12.8. The zero-order valence-electron chi connectivity index (χ0n) is 9.90. The summed E-state index contributed by atoms with van der Waals surface area (Å²) in [5.41, 5.74) is 0.281. The lowest BCUT2D eigenvalue weighted by atomic mass is 10.1. The maximum atomic E-state index is 13.8. The third-order valence-corrected chi connectivity index (χ3v) is 2.38. The van der Waals surface area contributed by atoms with Crippen molar-refractivity contribution in [2.24, 2.45) is 0 Å². The number of aliphatic carboxylic acids is 1. The summed E-state index contributed by atoms with van der Waals surface area (Å²) in [4.78, 5) is 18.4. The Bertz CT molecular complexity index is 398. The Morgan fingerprint density at radius 2 is 2.24 bits per heavy atom. The fourth-order valence-corrected chi connectivity index (χ4v) is 1.46. The minimum Gasteiger partial charge on any atom is -0.480 e. The van der Waals surface area contributed by atoms with Crippen LogP contribution < -0.4 is 5.32 Å². The Balaban J connectivity index is 2.89. The molecule has 2 N–H and O–H groups in total. The number of rotatable bonds is 6. The van der Waals surface area contributed by atoms with Gasteiger partial charge in [-0.05, 0) is 12.8 Å². The summed E-state index contributed by atoms with van der Waals surface area (Å²) in [6.45, 7) is 3.64. The molecule has 1 aromatic rings. The molecule has 0 amide bonds. The standard InChI is InChI=1S/C11H16FN3O2/c1-3-5-8(11(16)17)15-10-9(12)7(4-2)13-6-14-10/h6,8H,3-5H2,1-2H3,(H,16,17)(H,13,14,15). The number of carboxylic acid groups (broad SMARTS) is 1. The highest BCUT2D eigenvalue weighted by atomic mass is 19.1. The van der Waals surface area contributed by atoms with Crippen LogP contribution in [0.15, 0.2) is 6.33 Å². The number of aryl methyl sites for hydroxylation is 1. The van der Waals surface area contributed by atoms with E-state index in [-0.39, 0.29) is 11.5 Å². The predicted molar refractivity (Wildman–Crippen MR) is 61.3 cm³/mol. The molecule has 0 saturated heterocycles. The van der Waals surface area contributed by atoms with Gasteiger partial charge < -0.3 is 10.4 Å². The molecule has 0 radical (unpaired) electrons. The van der Waals surface area contributed by atoms with E-state index in [1.165, 1.54) is 6.33 Å². The van der Waals surface area contributed by atoms with E-state index in [2.05, 4.69) is 15.3 Å². The van der Waals surface area contributed by atoms with Crippen molar-refractivity contribution in [3.8, 4) is 0 Å². The van der Waals surface area contributed by atoms with Gasteiger partial charge in [0.1, 0.15) is 12.4 Å². The van der Waals surface area contributed by atoms with Crippen LogP contribution in [-0.4, -0.2) is 27.1 Å². The number of aromatic nitrogens is 2. The van der Waals surface area contributed by atoms with E-state index in [4.69, 9.17) is 5.11 Å². The maximum absolute atomic E-state index is 13.8. The Morgan fingerprint density at radius 3 is 2.76 bits per heavy atom. The van der Waals surface area contributed by atoms with E-state index in [0.29, 0.717) is 19.3 Å². The molecule has 0 saturated carbocycles. The first-order valence-electron chi connectivity index (χ1n) is 5.58. The maximum Gasteiger partial charge on any atom is 0.326 e. The van der Waals surface area contributed by atoms with Crippen LogP contribution in [0.4, 0.5) is 10.2 Å². The molecular weight excluding hydrogens is 225 g/mol. The van der Waals surface area contributed by atoms with Gasteiger partial charge in [-0.2, -0.15) is 0 Å². The van der Waals surface area contributed by atoms with Crippen molar-refractivity contribution in [2.45, 2.75) is 39.2 Å². The molecule has 6 heteroatoms. The third kappa shape index (κ3) is 3.37. The number of carbonyl (C=O) groups is 1. The highest BCUT2D eigenvalue weighted by Crippen LogP contribution is 2.15. The van der Waals surface area contributed by atoms with Gasteiger partial charge in [-0.15, -0.1) is 0 Å². The molecule has 5 nitrogen and oxygen atoms in total. The summed E-state index contributed by atoms with van der Waals surface area (Å²) in [5, 5.41) is 11.6. The molecule has 0 aliphatic carbocycles. The molecular formula is C11H16FN3O2. The number of nitrogens with zero attached hydrogens (tertiary/aromatic N) is 2. The molecule has 0 bridgehead atoms. The molecule has 1 unspecified atom stereocenters. The summed E-state index contributed by atoms with van der Waals surface area (Å²) in [7, 11) is 0. The van der Waals surface area contributed by atoms with Gasteiger partial charge >= 0.3 is 5.97 Å². The van der Waals surface area contributed by atoms with Crippen LogP contribution >= 0.6 is 0 Å². The van der Waals surface area contributed by atoms with Gasteiger partial charge in [-0.25, -0.2) is 19.2 Å². The van der Waals surface area contributed by atoms with Gasteiger partial charge in [0, 0.05) is 0 Å². The van der Waals surface area contributed by atoms with Crippen molar-refractivity contribution in [3.05, 3.63) is 17.8 Å². The van der Waals surface area contributed by atoms with Crippen molar-refractivity contribution in [2.75, 3.05) is 5.32 Å². The number of hydrogen-bond donors (Lipinski definition) is 2. The summed E-state index contributed by atoms with van der Waals surface area (Å²) in [5.74, 6) is -1.63. The number of nitrogens with one attached hydrogen (secondary N) is 1. The van der Waals surface area contributed by atoms with E-state index >= 15 is 0 Å². The quantitative estimate of drug-likeness (QED) is 0.794. The molecule has 1 aromatic heterocycles. The number of carboxylic acids is 1. The van der Waals surface area contributed by atoms with Gasteiger partial charge in [-0.1, -0.05) is 20.3 Å². The monoisotopic (exact) mass is 241 g/mol. The second-order valence-corrected chi connectivity index (χ2v) is 3.66. The number of hydrogen-bond acceptors (Lipinski definition) is 4. The summed E-state index contributed by atoms with van der Waals surface area (Å²) >= 11 is 0. The van der Waals surface area contributed by atoms with Crippen molar-refractivity contribution in [1.29, 1.82) is 0 Å². The highest BCUT2D eigenvalue weighted by molar-refractivity contribution is 5.76. The molecule has 1 rings (SSSR count). The minimum absolute atomic E-state index is 0.0438. The van der Waals surface area contributed by atoms with Crippen LogP contribution in [0.5, 0.6) is 0 Å². The van der Waals surface area contributed by atoms with Crippen LogP contribution in [0, 0.1) is 5.82 Å². The average Bonchev–Trinajstić information content (AvgIpc) is 2.30. The van der Waals surface area contributed by atoms with Crippen molar-refractivity contribution in [3.63, 3.8) is 0 Å². The smallest absolute Gasteiger partial charge is 0.326 e. The average molecular weight is 241 g/mol. The Labute approximate surface area is 99.1 Å². The van der Waals surface area contributed by atoms with Crippen LogP contribution in [0.2, 0.25) is 0 Å². The van der Waals surface area contributed by atoms with Gasteiger partial charge in [0.2, 0.25) is 0 Å². The van der Waals surface area contributed by atoms with Crippen LogP contribution in [0.25, 0.3) is 0 Å². The van der Waals surface area contributed by atoms with Crippen molar-refractivity contribution >= 4 is 11.8 Å². The Hall–Kier alpha value is -1.72. The van der Waals surface area contributed by atoms with E-state index in [1.807, 2.05) is 6.92 Å². The largest absolute Gasteiger partial charge is 0.480 e. The second-order valence-electron chi connectivity index (χ2n) is 3.66. The molecule has 17 heavy (non-hydrogen) atoms. The van der Waals surface area contributed by atoms with Gasteiger partial charge in [0.25, 0.3) is 0 Å². The van der Waals surface area contributed by atoms with Crippen LogP contribution in [0.1, 0.15) is 32.4 Å². The van der Waals surface area contributed by atoms with Crippen molar-refractivity contribution < 1.29 is 14.3 Å². The van der Waals surface area contributed by atoms with Gasteiger partial charge in [0.05, 0.1) is 5.69 Å². The minimum atomic E-state index is -1.01. The number of halogens is 1. The molecule has 0 fully saturated rings. The van der Waals surface area contributed by atoms with Gasteiger partial charge in [0.15, 0.2) is 11.6 Å². The summed E-state index contributed by atoms with van der Waals surface area (Å²) < 4.78 is 13.8. The topological polar surface area (TPSA) is 75.1 Å². The van der Waals surface area contributed by atoms with Crippen LogP contribution in [0.3, 0.4) is 0 Å². The molecule has 0 aliphatic rings. The Morgan fingerprint density at radius 1 is 1.53 bits per heavy atom. The summed E-state index contributed by atoms with van der Waals surface area (Å²) in [6, 6.07) is -0.825. The number of anilines is 1. The molecule has 0 aromatic carbocycles.